The van der Waals surface area contributed by atoms with Gasteiger partial charge < -0.3 is 10.1 Å². The molecule has 2 N–H and O–H groups in total. The van der Waals surface area contributed by atoms with Gasteiger partial charge in [-0.3, -0.25) is 4.79 Å². The number of hydrogen-bond donors (Lipinski definition) is 2. The Morgan fingerprint density at radius 3 is 3.00 bits per heavy atom. The second-order valence-corrected chi connectivity index (χ2v) is 1.69. The van der Waals surface area contributed by atoms with Crippen molar-refractivity contribution in [1.82, 2.24) is 9.97 Å². The van der Waals surface area contributed by atoms with Gasteiger partial charge in [-0.2, -0.15) is 4.98 Å². The molecule has 0 saturated heterocycles. The van der Waals surface area contributed by atoms with Crippen molar-refractivity contribution in [2.24, 2.45) is 0 Å². The number of hydrogen-bond acceptors (Lipinski definition) is 3. The van der Waals surface area contributed by atoms with E-state index in [0.717, 1.165) is 6.07 Å². The van der Waals surface area contributed by atoms with Crippen LogP contribution in [0, 0.1) is 0 Å². The van der Waals surface area contributed by atoms with Crippen molar-refractivity contribution < 1.29 is 5.11 Å². The summed E-state index contributed by atoms with van der Waals surface area (Å²) < 4.78 is 0. The van der Waals surface area contributed by atoms with E-state index in [1.54, 1.807) is 0 Å². The van der Waals surface area contributed by atoms with E-state index in [0.29, 0.717) is 0 Å². The Bertz CT molecular complexity index is 303. The fourth-order valence-corrected chi connectivity index (χ4v) is 0.560. The van der Waals surface area contributed by atoms with Gasteiger partial charge in [-0.05, 0) is 6.08 Å². The number of rotatable bonds is 1. The van der Waals surface area contributed by atoms with Gasteiger partial charge in [-0.1, -0.05) is 6.58 Å². The van der Waals surface area contributed by atoms with E-state index < -0.39 is 0 Å². The molecule has 0 aromatic carbocycles. The molecule has 0 aliphatic carbocycles. The molecule has 4 nitrogen and oxygen atoms in total. The molecule has 0 unspecified atom stereocenters. The van der Waals surface area contributed by atoms with Crippen LogP contribution >= 0.6 is 0 Å². The topological polar surface area (TPSA) is 66.0 Å². The summed E-state index contributed by atoms with van der Waals surface area (Å²) in [5.41, 5.74) is -0.387. The van der Waals surface area contributed by atoms with Crippen molar-refractivity contribution in [2.45, 2.75) is 0 Å². The lowest BCUT2D eigenvalue weighted by Gasteiger charge is -1.91. The molecule has 0 amide bonds. The van der Waals surface area contributed by atoms with Crippen molar-refractivity contribution in [1.29, 1.82) is 0 Å². The summed E-state index contributed by atoms with van der Waals surface area (Å²) in [5.74, 6) is -0.0244. The highest BCUT2D eigenvalue weighted by Crippen LogP contribution is 1.97. The average Bonchev–Trinajstić information content (AvgIpc) is 1.85. The zero-order valence-electron chi connectivity index (χ0n) is 5.16. The van der Waals surface area contributed by atoms with Gasteiger partial charge in [-0.25, -0.2) is 0 Å². The maximum absolute atomic E-state index is 10.6. The maximum Gasteiger partial charge on any atom is 0.254 e. The van der Waals surface area contributed by atoms with Gasteiger partial charge in [0.1, 0.15) is 5.82 Å². The first-order valence-electron chi connectivity index (χ1n) is 2.65. The van der Waals surface area contributed by atoms with Crippen molar-refractivity contribution in [2.75, 3.05) is 0 Å². The summed E-state index contributed by atoms with van der Waals surface area (Å²) >= 11 is 0. The van der Waals surface area contributed by atoms with Crippen molar-refractivity contribution >= 4 is 6.08 Å². The van der Waals surface area contributed by atoms with Crippen LogP contribution in [0.1, 0.15) is 5.82 Å². The maximum atomic E-state index is 10.6. The average molecular weight is 138 g/mol. The predicted molar refractivity (Wildman–Crippen MR) is 36.6 cm³/mol. The van der Waals surface area contributed by atoms with E-state index in [1.165, 1.54) is 6.08 Å². The fraction of sp³-hybridized carbons (Fsp3) is 0. The Labute approximate surface area is 56.9 Å². The van der Waals surface area contributed by atoms with Crippen LogP contribution in [-0.4, -0.2) is 15.1 Å². The second-order valence-electron chi connectivity index (χ2n) is 1.69. The predicted octanol–water partition coefficient (Wildman–Crippen LogP) is 0.118. The van der Waals surface area contributed by atoms with Gasteiger partial charge in [0.05, 0.1) is 6.07 Å². The Hall–Kier alpha value is -1.58. The molecular formula is C6H6N2O2. The molecule has 1 heterocycles. The van der Waals surface area contributed by atoms with Crippen LogP contribution in [0.15, 0.2) is 17.4 Å². The number of aromatic nitrogens is 2. The van der Waals surface area contributed by atoms with Crippen LogP contribution in [-0.2, 0) is 0 Å². The van der Waals surface area contributed by atoms with Crippen LogP contribution in [0.2, 0.25) is 0 Å². The highest BCUT2D eigenvalue weighted by Gasteiger charge is 1.92. The van der Waals surface area contributed by atoms with E-state index in [2.05, 4.69) is 16.5 Å². The van der Waals surface area contributed by atoms with Gasteiger partial charge in [0.25, 0.3) is 5.56 Å². The monoisotopic (exact) mass is 138 g/mol. The lowest BCUT2D eigenvalue weighted by molar-refractivity contribution is 0.450. The third-order valence-corrected chi connectivity index (χ3v) is 0.940. The minimum absolute atomic E-state index is 0.269. The van der Waals surface area contributed by atoms with Crippen LogP contribution in [0.3, 0.4) is 0 Å². The highest BCUT2D eigenvalue weighted by atomic mass is 16.3. The van der Waals surface area contributed by atoms with Crippen LogP contribution in [0.5, 0.6) is 5.88 Å². The highest BCUT2D eigenvalue weighted by molar-refractivity contribution is 5.36. The standard InChI is InChI=1S/C6H6N2O2/c1-2-4-7-5(9)3-6(10)8-4/h2-3H,1H2,(H2,7,8,9,10). The number of nitrogens with zero attached hydrogens (tertiary/aromatic N) is 1. The Morgan fingerprint density at radius 2 is 2.50 bits per heavy atom. The van der Waals surface area contributed by atoms with E-state index in [4.69, 9.17) is 5.11 Å². The Morgan fingerprint density at radius 1 is 1.80 bits per heavy atom. The summed E-state index contributed by atoms with van der Waals surface area (Å²) in [4.78, 5) is 16.5. The van der Waals surface area contributed by atoms with E-state index in [-0.39, 0.29) is 17.3 Å². The van der Waals surface area contributed by atoms with Crippen LogP contribution in [0.25, 0.3) is 6.08 Å². The SMILES string of the molecule is C=Cc1nc(O)cc(=O)[nH]1. The van der Waals surface area contributed by atoms with E-state index in [9.17, 15) is 4.79 Å². The first-order valence-corrected chi connectivity index (χ1v) is 2.65. The smallest absolute Gasteiger partial charge is 0.254 e. The fourth-order valence-electron chi connectivity index (χ4n) is 0.560. The van der Waals surface area contributed by atoms with E-state index >= 15 is 0 Å². The molecular weight excluding hydrogens is 132 g/mol. The molecule has 0 aliphatic rings. The third-order valence-electron chi connectivity index (χ3n) is 0.940. The van der Waals surface area contributed by atoms with Gasteiger partial charge in [0.2, 0.25) is 5.88 Å². The van der Waals surface area contributed by atoms with Crippen molar-refractivity contribution in [3.05, 3.63) is 28.8 Å². The summed E-state index contributed by atoms with van der Waals surface area (Å²) in [6.07, 6.45) is 1.35. The zero-order valence-corrected chi connectivity index (χ0v) is 5.16. The summed E-state index contributed by atoms with van der Waals surface area (Å²) in [5, 5.41) is 8.75. The molecule has 0 bridgehead atoms. The first kappa shape index (κ1) is 6.54. The molecule has 0 fully saturated rings. The Balaban J connectivity index is 3.32. The molecule has 4 heteroatoms. The normalized spacial score (nSPS) is 9.20. The molecule has 1 aromatic heterocycles. The molecule has 1 rings (SSSR count). The summed E-state index contributed by atoms with van der Waals surface area (Å²) in [6, 6.07) is 0.993. The van der Waals surface area contributed by atoms with Gasteiger partial charge in [0.15, 0.2) is 0 Å². The van der Waals surface area contributed by atoms with E-state index in [1.807, 2.05) is 0 Å². The number of aromatic amines is 1. The molecule has 0 atom stereocenters. The van der Waals surface area contributed by atoms with Gasteiger partial charge >= 0.3 is 0 Å². The van der Waals surface area contributed by atoms with Crippen molar-refractivity contribution in [3.8, 4) is 5.88 Å². The molecule has 1 aromatic rings. The van der Waals surface area contributed by atoms with Crippen molar-refractivity contribution in [3.63, 3.8) is 0 Å². The quantitative estimate of drug-likeness (QED) is 0.579. The van der Waals surface area contributed by atoms with Gasteiger partial charge in [0, 0.05) is 0 Å². The zero-order chi connectivity index (χ0) is 7.56. The number of nitrogens with one attached hydrogen (secondary N) is 1. The van der Waals surface area contributed by atoms with Gasteiger partial charge in [-0.15, -0.1) is 0 Å². The molecule has 0 aliphatic heterocycles. The lowest BCUT2D eigenvalue weighted by atomic mass is 10.5. The summed E-state index contributed by atoms with van der Waals surface area (Å²) in [6.45, 7) is 3.37. The second kappa shape index (κ2) is 2.34. The first-order chi connectivity index (χ1) is 4.72. The molecule has 0 radical (unpaired) electrons. The molecule has 10 heavy (non-hydrogen) atoms. The number of aromatic hydroxyl groups is 1. The summed E-state index contributed by atoms with van der Waals surface area (Å²) in [7, 11) is 0. The molecule has 0 saturated carbocycles. The molecule has 0 spiro atoms. The third kappa shape index (κ3) is 1.22. The largest absolute Gasteiger partial charge is 0.493 e. The van der Waals surface area contributed by atoms with Crippen LogP contribution < -0.4 is 5.56 Å². The molecule has 52 valence electrons. The lowest BCUT2D eigenvalue weighted by Crippen LogP contribution is -2.06. The minimum Gasteiger partial charge on any atom is -0.493 e. The van der Waals surface area contributed by atoms with Crippen LogP contribution in [0.4, 0.5) is 0 Å². The Kier molecular flexibility index (Phi) is 1.53. The minimum atomic E-state index is -0.387. The number of H-pyrrole nitrogens is 1.